The topological polar surface area (TPSA) is 46.5 Å². The van der Waals surface area contributed by atoms with Crippen LogP contribution >= 0.6 is 0 Å². The number of aliphatic carboxylic acids is 1. The van der Waals surface area contributed by atoms with Gasteiger partial charge in [-0.1, -0.05) is 18.2 Å². The zero-order valence-electron chi connectivity index (χ0n) is 7.03. The molecule has 0 spiro atoms. The van der Waals surface area contributed by atoms with E-state index in [4.69, 9.17) is 5.11 Å². The largest absolute Gasteiger partial charge is 0.476 e. The van der Waals surface area contributed by atoms with Gasteiger partial charge in [-0.05, 0) is 18.6 Å². The highest BCUT2D eigenvalue weighted by atomic mass is 19.1. The van der Waals surface area contributed by atoms with Crippen LogP contribution < -0.4 is 4.74 Å². The van der Waals surface area contributed by atoms with Gasteiger partial charge in [0.1, 0.15) is 5.75 Å². The minimum atomic E-state index is -2.30. The van der Waals surface area contributed by atoms with Crippen molar-refractivity contribution < 1.29 is 19.0 Å². The normalized spacial score (nSPS) is 12.2. The smallest absolute Gasteiger partial charge is 0.378 e. The zero-order valence-corrected chi connectivity index (χ0v) is 7.03. The monoisotopic (exact) mass is 184 g/mol. The first kappa shape index (κ1) is 9.51. The van der Waals surface area contributed by atoms with Gasteiger partial charge in [0.2, 0.25) is 0 Å². The van der Waals surface area contributed by atoms with Gasteiger partial charge in [0.05, 0.1) is 0 Å². The molecule has 0 bridgehead atoms. The molecule has 0 saturated heterocycles. The van der Waals surface area contributed by atoms with Crippen molar-refractivity contribution in [1.29, 1.82) is 0 Å². The first-order chi connectivity index (χ1) is 6.11. The van der Waals surface area contributed by atoms with Gasteiger partial charge in [0, 0.05) is 0 Å². The summed E-state index contributed by atoms with van der Waals surface area (Å²) >= 11 is 0. The number of hydrogen-bond donors (Lipinski definition) is 1. The molecular formula is C9H9FO3. The van der Waals surface area contributed by atoms with Gasteiger partial charge in [-0.25, -0.2) is 4.79 Å². The van der Waals surface area contributed by atoms with Gasteiger partial charge >= 0.3 is 12.3 Å². The SMILES string of the molecule is Cc1ccccc1OC(F)C(=O)O. The minimum absolute atomic E-state index is 0.248. The van der Waals surface area contributed by atoms with Crippen molar-refractivity contribution in [3.05, 3.63) is 29.8 Å². The summed E-state index contributed by atoms with van der Waals surface area (Å²) in [5.41, 5.74) is 0.700. The molecule has 1 aromatic carbocycles. The number of rotatable bonds is 3. The number of aryl methyl sites for hydroxylation is 1. The van der Waals surface area contributed by atoms with E-state index in [0.29, 0.717) is 5.56 Å². The first-order valence-electron chi connectivity index (χ1n) is 3.70. The molecule has 0 aliphatic rings. The van der Waals surface area contributed by atoms with E-state index in [1.165, 1.54) is 6.07 Å². The third-order valence-electron chi connectivity index (χ3n) is 1.52. The Bertz CT molecular complexity index is 311. The van der Waals surface area contributed by atoms with Crippen LogP contribution in [0.15, 0.2) is 24.3 Å². The number of hydrogen-bond acceptors (Lipinski definition) is 2. The van der Waals surface area contributed by atoms with E-state index in [9.17, 15) is 9.18 Å². The van der Waals surface area contributed by atoms with Crippen LogP contribution in [0.25, 0.3) is 0 Å². The summed E-state index contributed by atoms with van der Waals surface area (Å²) in [5, 5.41) is 8.23. The van der Waals surface area contributed by atoms with Crippen LogP contribution in [0.3, 0.4) is 0 Å². The van der Waals surface area contributed by atoms with Crippen molar-refractivity contribution in [3.63, 3.8) is 0 Å². The van der Waals surface area contributed by atoms with Gasteiger partial charge in [-0.2, -0.15) is 4.39 Å². The molecule has 0 heterocycles. The van der Waals surface area contributed by atoms with E-state index in [-0.39, 0.29) is 5.75 Å². The summed E-state index contributed by atoms with van der Waals surface area (Å²) < 4.78 is 17.1. The molecule has 0 aliphatic carbocycles. The van der Waals surface area contributed by atoms with Crippen LogP contribution in [0.1, 0.15) is 5.56 Å². The van der Waals surface area contributed by atoms with Gasteiger partial charge in [-0.3, -0.25) is 0 Å². The van der Waals surface area contributed by atoms with Crippen molar-refractivity contribution in [2.24, 2.45) is 0 Å². The molecule has 13 heavy (non-hydrogen) atoms. The highest BCUT2D eigenvalue weighted by Gasteiger charge is 2.17. The molecule has 1 aromatic rings. The lowest BCUT2D eigenvalue weighted by Gasteiger charge is -2.08. The average Bonchev–Trinajstić information content (AvgIpc) is 2.08. The van der Waals surface area contributed by atoms with E-state index >= 15 is 0 Å². The Morgan fingerprint density at radius 3 is 2.69 bits per heavy atom. The predicted octanol–water partition coefficient (Wildman–Crippen LogP) is 1.75. The highest BCUT2D eigenvalue weighted by Crippen LogP contribution is 2.17. The first-order valence-corrected chi connectivity index (χ1v) is 3.70. The Morgan fingerprint density at radius 1 is 1.54 bits per heavy atom. The number of benzene rings is 1. The molecule has 1 atom stereocenters. The lowest BCUT2D eigenvalue weighted by atomic mass is 10.2. The maximum atomic E-state index is 12.6. The van der Waals surface area contributed by atoms with Crippen LogP contribution in [0.5, 0.6) is 5.75 Å². The second-order valence-electron chi connectivity index (χ2n) is 2.54. The van der Waals surface area contributed by atoms with Crippen molar-refractivity contribution in [2.75, 3.05) is 0 Å². The van der Waals surface area contributed by atoms with Crippen molar-refractivity contribution in [2.45, 2.75) is 13.3 Å². The molecule has 0 saturated carbocycles. The van der Waals surface area contributed by atoms with Crippen LogP contribution in [-0.4, -0.2) is 17.4 Å². The third kappa shape index (κ3) is 2.43. The minimum Gasteiger partial charge on any atom is -0.476 e. The molecule has 1 rings (SSSR count). The van der Waals surface area contributed by atoms with Gasteiger partial charge in [0.25, 0.3) is 0 Å². The second kappa shape index (κ2) is 3.89. The fraction of sp³-hybridized carbons (Fsp3) is 0.222. The molecule has 70 valence electrons. The number of para-hydroxylation sites is 1. The lowest BCUT2D eigenvalue weighted by Crippen LogP contribution is -2.21. The second-order valence-corrected chi connectivity index (χ2v) is 2.54. The summed E-state index contributed by atoms with van der Waals surface area (Å²) in [5.74, 6) is -1.37. The van der Waals surface area contributed by atoms with Crippen LogP contribution in [0.4, 0.5) is 4.39 Å². The maximum absolute atomic E-state index is 12.6. The molecule has 1 N–H and O–H groups in total. The van der Waals surface area contributed by atoms with Gasteiger partial charge in [0.15, 0.2) is 0 Å². The van der Waals surface area contributed by atoms with Crippen LogP contribution in [-0.2, 0) is 4.79 Å². The summed E-state index contributed by atoms with van der Waals surface area (Å²) in [6.45, 7) is 1.71. The summed E-state index contributed by atoms with van der Waals surface area (Å²) in [7, 11) is 0. The molecule has 0 aliphatic heterocycles. The standard InChI is InChI=1S/C9H9FO3/c1-6-4-2-3-5-7(6)13-8(10)9(11)12/h2-5,8H,1H3,(H,11,12). The average molecular weight is 184 g/mol. The Morgan fingerprint density at radius 2 is 2.15 bits per heavy atom. The number of halogens is 1. The lowest BCUT2D eigenvalue weighted by molar-refractivity contribution is -0.153. The van der Waals surface area contributed by atoms with Crippen molar-refractivity contribution in [3.8, 4) is 5.75 Å². The summed E-state index contributed by atoms with van der Waals surface area (Å²) in [6.07, 6.45) is -2.30. The van der Waals surface area contributed by atoms with Crippen LogP contribution in [0.2, 0.25) is 0 Å². The number of ether oxygens (including phenoxy) is 1. The number of alkyl halides is 1. The molecule has 0 aromatic heterocycles. The number of carboxylic acid groups (broad SMARTS) is 1. The Labute approximate surface area is 74.8 Å². The molecule has 0 fully saturated rings. The molecule has 1 unspecified atom stereocenters. The molecule has 0 radical (unpaired) electrons. The molecular weight excluding hydrogens is 175 g/mol. The quantitative estimate of drug-likeness (QED) is 0.778. The molecule has 0 amide bonds. The predicted molar refractivity (Wildman–Crippen MR) is 44.3 cm³/mol. The Kier molecular flexibility index (Phi) is 2.84. The fourth-order valence-electron chi connectivity index (χ4n) is 0.851. The van der Waals surface area contributed by atoms with E-state index in [0.717, 1.165) is 0 Å². The molecule has 4 heteroatoms. The number of carboxylic acids is 1. The van der Waals surface area contributed by atoms with E-state index in [1.54, 1.807) is 25.1 Å². The highest BCUT2D eigenvalue weighted by molar-refractivity contribution is 5.71. The summed E-state index contributed by atoms with van der Waals surface area (Å²) in [6, 6.07) is 6.64. The Hall–Kier alpha value is -1.58. The van der Waals surface area contributed by atoms with Crippen molar-refractivity contribution in [1.82, 2.24) is 0 Å². The number of carbonyl (C=O) groups is 1. The van der Waals surface area contributed by atoms with Crippen molar-refractivity contribution >= 4 is 5.97 Å². The zero-order chi connectivity index (χ0) is 9.84. The van der Waals surface area contributed by atoms with Gasteiger partial charge < -0.3 is 9.84 Å². The van der Waals surface area contributed by atoms with E-state index in [1.807, 2.05) is 0 Å². The van der Waals surface area contributed by atoms with E-state index in [2.05, 4.69) is 4.74 Å². The maximum Gasteiger partial charge on any atom is 0.378 e. The third-order valence-corrected chi connectivity index (χ3v) is 1.52. The Balaban J connectivity index is 2.74. The van der Waals surface area contributed by atoms with Gasteiger partial charge in [-0.15, -0.1) is 0 Å². The fourth-order valence-corrected chi connectivity index (χ4v) is 0.851. The van der Waals surface area contributed by atoms with E-state index < -0.39 is 12.3 Å². The summed E-state index contributed by atoms with van der Waals surface area (Å²) in [4.78, 5) is 10.1. The molecule has 3 nitrogen and oxygen atoms in total. The van der Waals surface area contributed by atoms with Crippen LogP contribution in [0, 0.1) is 6.92 Å².